The predicted octanol–water partition coefficient (Wildman–Crippen LogP) is 4.52. The van der Waals surface area contributed by atoms with Crippen molar-refractivity contribution in [2.45, 2.75) is 20.0 Å². The molecule has 1 N–H and O–H groups in total. The van der Waals surface area contributed by atoms with Crippen molar-refractivity contribution in [3.63, 3.8) is 0 Å². The van der Waals surface area contributed by atoms with Crippen LogP contribution in [-0.4, -0.2) is 16.6 Å². The smallest absolute Gasteiger partial charge is 0.255 e. The lowest BCUT2D eigenvalue weighted by Crippen LogP contribution is -2.14. The number of ether oxygens (including phenoxy) is 1. The number of carbonyl (C=O) groups is 1. The maximum absolute atomic E-state index is 12.5. The molecule has 24 heavy (non-hydrogen) atoms. The normalized spacial score (nSPS) is 10.6. The second kappa shape index (κ2) is 7.04. The van der Waals surface area contributed by atoms with Crippen molar-refractivity contribution in [1.82, 2.24) is 4.57 Å². The van der Waals surface area contributed by atoms with Crippen molar-refractivity contribution in [3.8, 4) is 11.4 Å². The summed E-state index contributed by atoms with van der Waals surface area (Å²) in [6, 6.07) is 18.9. The standard InChI is InChI=1S/C20H20N2O2/c1-15(2)24-19-8-4-3-7-18(19)21-20(23)16-9-11-17(12-10-16)22-13-5-6-14-22/h3-15H,1-2H3,(H,21,23). The van der Waals surface area contributed by atoms with E-state index in [1.165, 1.54) is 0 Å². The molecule has 0 saturated carbocycles. The first-order valence-electron chi connectivity index (χ1n) is 7.94. The minimum atomic E-state index is -0.158. The van der Waals surface area contributed by atoms with Gasteiger partial charge in [0.25, 0.3) is 5.91 Å². The van der Waals surface area contributed by atoms with E-state index in [1.807, 2.05) is 91.5 Å². The highest BCUT2D eigenvalue weighted by molar-refractivity contribution is 6.05. The van der Waals surface area contributed by atoms with Crippen LogP contribution in [0.1, 0.15) is 24.2 Å². The first-order chi connectivity index (χ1) is 11.6. The van der Waals surface area contributed by atoms with Crippen molar-refractivity contribution >= 4 is 11.6 Å². The Hall–Kier alpha value is -3.01. The summed E-state index contributed by atoms with van der Waals surface area (Å²) < 4.78 is 7.73. The molecule has 0 aliphatic carbocycles. The van der Waals surface area contributed by atoms with Gasteiger partial charge >= 0.3 is 0 Å². The molecule has 0 aliphatic rings. The minimum absolute atomic E-state index is 0.0453. The fraction of sp³-hybridized carbons (Fsp3) is 0.150. The van der Waals surface area contributed by atoms with E-state index >= 15 is 0 Å². The molecule has 4 nitrogen and oxygen atoms in total. The van der Waals surface area contributed by atoms with E-state index in [0.29, 0.717) is 17.0 Å². The van der Waals surface area contributed by atoms with Gasteiger partial charge in [-0.15, -0.1) is 0 Å². The first-order valence-corrected chi connectivity index (χ1v) is 7.94. The summed E-state index contributed by atoms with van der Waals surface area (Å²) >= 11 is 0. The molecule has 3 aromatic rings. The van der Waals surface area contributed by atoms with Gasteiger partial charge in [0.2, 0.25) is 0 Å². The van der Waals surface area contributed by atoms with E-state index in [4.69, 9.17) is 4.74 Å². The van der Waals surface area contributed by atoms with Crippen molar-refractivity contribution in [2.75, 3.05) is 5.32 Å². The molecule has 0 aliphatic heterocycles. The summed E-state index contributed by atoms with van der Waals surface area (Å²) in [5, 5.41) is 2.92. The Bertz CT molecular complexity index is 806. The van der Waals surface area contributed by atoms with Gasteiger partial charge in [0, 0.05) is 23.6 Å². The largest absolute Gasteiger partial charge is 0.489 e. The third kappa shape index (κ3) is 3.66. The van der Waals surface area contributed by atoms with Crippen molar-refractivity contribution in [2.24, 2.45) is 0 Å². The number of nitrogens with one attached hydrogen (secondary N) is 1. The van der Waals surface area contributed by atoms with Gasteiger partial charge in [0.05, 0.1) is 11.8 Å². The molecule has 4 heteroatoms. The topological polar surface area (TPSA) is 43.3 Å². The van der Waals surface area contributed by atoms with Crippen molar-refractivity contribution in [1.29, 1.82) is 0 Å². The third-order valence-corrected chi connectivity index (χ3v) is 3.53. The highest BCUT2D eigenvalue weighted by Crippen LogP contribution is 2.25. The summed E-state index contributed by atoms with van der Waals surface area (Å²) in [5.74, 6) is 0.513. The fourth-order valence-electron chi connectivity index (χ4n) is 2.41. The Morgan fingerprint density at radius 3 is 2.29 bits per heavy atom. The summed E-state index contributed by atoms with van der Waals surface area (Å²) in [6.45, 7) is 3.91. The zero-order chi connectivity index (χ0) is 16.9. The Morgan fingerprint density at radius 2 is 1.62 bits per heavy atom. The lowest BCUT2D eigenvalue weighted by atomic mass is 10.2. The molecule has 0 spiro atoms. The number of hydrogen-bond acceptors (Lipinski definition) is 2. The number of carbonyl (C=O) groups excluding carboxylic acids is 1. The van der Waals surface area contributed by atoms with E-state index in [1.54, 1.807) is 0 Å². The van der Waals surface area contributed by atoms with Crippen LogP contribution in [0.3, 0.4) is 0 Å². The second-order valence-electron chi connectivity index (χ2n) is 5.75. The van der Waals surface area contributed by atoms with Crippen LogP contribution in [0.2, 0.25) is 0 Å². The lowest BCUT2D eigenvalue weighted by molar-refractivity contribution is 0.102. The summed E-state index contributed by atoms with van der Waals surface area (Å²) in [7, 11) is 0. The number of nitrogens with zero attached hydrogens (tertiary/aromatic N) is 1. The quantitative estimate of drug-likeness (QED) is 0.751. The van der Waals surface area contributed by atoms with Crippen LogP contribution in [0.25, 0.3) is 5.69 Å². The maximum Gasteiger partial charge on any atom is 0.255 e. The van der Waals surface area contributed by atoms with Crippen molar-refractivity contribution < 1.29 is 9.53 Å². The summed E-state index contributed by atoms with van der Waals surface area (Å²) in [4.78, 5) is 12.5. The van der Waals surface area contributed by atoms with Gasteiger partial charge in [0.1, 0.15) is 5.75 Å². The van der Waals surface area contributed by atoms with Crippen LogP contribution in [0.5, 0.6) is 5.75 Å². The summed E-state index contributed by atoms with van der Waals surface area (Å²) in [6.07, 6.45) is 3.98. The Balaban J connectivity index is 1.76. The van der Waals surface area contributed by atoms with E-state index < -0.39 is 0 Å². The zero-order valence-electron chi connectivity index (χ0n) is 13.8. The molecule has 1 heterocycles. The molecule has 0 radical (unpaired) electrons. The molecule has 1 amide bonds. The molecule has 1 aromatic heterocycles. The van der Waals surface area contributed by atoms with E-state index in [2.05, 4.69) is 5.32 Å². The van der Waals surface area contributed by atoms with Crippen LogP contribution in [0.15, 0.2) is 73.1 Å². The zero-order valence-corrected chi connectivity index (χ0v) is 13.8. The number of amides is 1. The number of hydrogen-bond donors (Lipinski definition) is 1. The number of rotatable bonds is 5. The molecule has 122 valence electrons. The van der Waals surface area contributed by atoms with Crippen LogP contribution in [0, 0.1) is 0 Å². The second-order valence-corrected chi connectivity index (χ2v) is 5.75. The minimum Gasteiger partial charge on any atom is -0.489 e. The van der Waals surface area contributed by atoms with Gasteiger partial charge in [-0.3, -0.25) is 4.79 Å². The number of aromatic nitrogens is 1. The van der Waals surface area contributed by atoms with Crippen molar-refractivity contribution in [3.05, 3.63) is 78.6 Å². The summed E-state index contributed by atoms with van der Waals surface area (Å²) in [5.41, 5.74) is 2.29. The fourth-order valence-corrected chi connectivity index (χ4v) is 2.41. The van der Waals surface area contributed by atoms with Gasteiger partial charge in [-0.25, -0.2) is 0 Å². The monoisotopic (exact) mass is 320 g/mol. The first kappa shape index (κ1) is 15.9. The highest BCUT2D eigenvalue weighted by atomic mass is 16.5. The van der Waals surface area contributed by atoms with Gasteiger partial charge in [-0.05, 0) is 62.4 Å². The van der Waals surface area contributed by atoms with Crippen LogP contribution in [-0.2, 0) is 0 Å². The van der Waals surface area contributed by atoms with Gasteiger partial charge in [-0.2, -0.15) is 0 Å². The average Bonchev–Trinajstić information content (AvgIpc) is 3.11. The lowest BCUT2D eigenvalue weighted by Gasteiger charge is -2.15. The average molecular weight is 320 g/mol. The molecule has 2 aromatic carbocycles. The Labute approximate surface area is 141 Å². The van der Waals surface area contributed by atoms with Crippen LogP contribution >= 0.6 is 0 Å². The molecule has 0 bridgehead atoms. The van der Waals surface area contributed by atoms with Gasteiger partial charge in [0.15, 0.2) is 0 Å². The molecule has 0 unspecified atom stereocenters. The molecular formula is C20H20N2O2. The van der Waals surface area contributed by atoms with Crippen LogP contribution < -0.4 is 10.1 Å². The van der Waals surface area contributed by atoms with Crippen LogP contribution in [0.4, 0.5) is 5.69 Å². The Kier molecular flexibility index (Phi) is 4.66. The Morgan fingerprint density at radius 1 is 0.958 bits per heavy atom. The highest BCUT2D eigenvalue weighted by Gasteiger charge is 2.10. The van der Waals surface area contributed by atoms with E-state index in [-0.39, 0.29) is 12.0 Å². The SMILES string of the molecule is CC(C)Oc1ccccc1NC(=O)c1ccc(-n2cccc2)cc1. The molecule has 0 atom stereocenters. The molecular weight excluding hydrogens is 300 g/mol. The maximum atomic E-state index is 12.5. The molecule has 3 rings (SSSR count). The van der Waals surface area contributed by atoms with E-state index in [9.17, 15) is 4.79 Å². The third-order valence-electron chi connectivity index (χ3n) is 3.53. The predicted molar refractivity (Wildman–Crippen MR) is 95.9 cm³/mol. The number of para-hydroxylation sites is 2. The van der Waals surface area contributed by atoms with Gasteiger partial charge < -0.3 is 14.6 Å². The number of benzene rings is 2. The molecule has 0 saturated heterocycles. The number of anilines is 1. The van der Waals surface area contributed by atoms with E-state index in [0.717, 1.165) is 5.69 Å². The van der Waals surface area contributed by atoms with Gasteiger partial charge in [-0.1, -0.05) is 12.1 Å². The molecule has 0 fully saturated rings.